The number of rotatable bonds is 12. The van der Waals surface area contributed by atoms with E-state index in [0.29, 0.717) is 0 Å². The van der Waals surface area contributed by atoms with Crippen LogP contribution >= 0.6 is 0 Å². The summed E-state index contributed by atoms with van der Waals surface area (Å²) in [6.07, 6.45) is 0.864. The Bertz CT molecular complexity index is 2930. The van der Waals surface area contributed by atoms with Gasteiger partial charge in [0.15, 0.2) is 0 Å². The van der Waals surface area contributed by atoms with Gasteiger partial charge in [-0.1, -0.05) is 231 Å². The van der Waals surface area contributed by atoms with Gasteiger partial charge in [-0.2, -0.15) is 0 Å². The normalized spacial score (nSPS) is 11.1. The average molecular weight is 806 g/mol. The Morgan fingerprint density at radius 1 is 0.254 bits per heavy atom. The maximum absolute atomic E-state index is 2.42. The first-order valence-corrected chi connectivity index (χ1v) is 21.8. The number of nitrogens with zero attached hydrogens (tertiary/aromatic N) is 1. The van der Waals surface area contributed by atoms with E-state index < -0.39 is 0 Å². The van der Waals surface area contributed by atoms with Crippen molar-refractivity contribution in [2.24, 2.45) is 0 Å². The summed E-state index contributed by atoms with van der Waals surface area (Å²) in [5, 5.41) is 0. The maximum atomic E-state index is 2.42. The molecule has 0 aliphatic carbocycles. The van der Waals surface area contributed by atoms with Crippen LogP contribution in [-0.4, -0.2) is 0 Å². The van der Waals surface area contributed by atoms with Gasteiger partial charge in [-0.3, -0.25) is 0 Å². The van der Waals surface area contributed by atoms with E-state index in [2.05, 4.69) is 272 Å². The van der Waals surface area contributed by atoms with E-state index >= 15 is 0 Å². The third-order valence-corrected chi connectivity index (χ3v) is 12.1. The van der Waals surface area contributed by atoms with Gasteiger partial charge in [-0.15, -0.1) is 0 Å². The number of hydrogen-bond donors (Lipinski definition) is 0. The van der Waals surface area contributed by atoms with Crippen LogP contribution in [0.1, 0.15) is 22.6 Å². The molecule has 10 aromatic rings. The van der Waals surface area contributed by atoms with Crippen molar-refractivity contribution in [1.29, 1.82) is 0 Å². The molecule has 0 saturated heterocycles. The molecule has 0 saturated carbocycles. The van der Waals surface area contributed by atoms with Gasteiger partial charge in [0.1, 0.15) is 0 Å². The molecular formula is C62H47N. The van der Waals surface area contributed by atoms with Gasteiger partial charge < -0.3 is 4.90 Å². The molecule has 63 heavy (non-hydrogen) atoms. The minimum atomic E-state index is 0.165. The van der Waals surface area contributed by atoms with E-state index in [1.54, 1.807) is 0 Å². The van der Waals surface area contributed by atoms with Gasteiger partial charge >= 0.3 is 0 Å². The second-order valence-electron chi connectivity index (χ2n) is 16.1. The van der Waals surface area contributed by atoms with Crippen LogP contribution < -0.4 is 4.90 Å². The lowest BCUT2D eigenvalue weighted by atomic mass is 9.83. The van der Waals surface area contributed by atoms with Crippen molar-refractivity contribution in [3.63, 3.8) is 0 Å². The zero-order valence-corrected chi connectivity index (χ0v) is 35.1. The van der Waals surface area contributed by atoms with Crippen LogP contribution in [0, 0.1) is 0 Å². The number of benzene rings is 10. The van der Waals surface area contributed by atoms with Crippen molar-refractivity contribution in [3.05, 3.63) is 284 Å². The minimum absolute atomic E-state index is 0.165. The first-order valence-electron chi connectivity index (χ1n) is 21.8. The molecule has 10 aromatic carbocycles. The van der Waals surface area contributed by atoms with Crippen molar-refractivity contribution >= 4 is 17.1 Å². The van der Waals surface area contributed by atoms with E-state index in [-0.39, 0.29) is 5.92 Å². The van der Waals surface area contributed by atoms with E-state index in [9.17, 15) is 0 Å². The Labute approximate surface area is 371 Å². The Kier molecular flexibility index (Phi) is 11.4. The lowest BCUT2D eigenvalue weighted by molar-refractivity contribution is 0.806. The monoisotopic (exact) mass is 805 g/mol. The molecule has 1 nitrogen and oxygen atoms in total. The predicted octanol–water partition coefficient (Wildman–Crippen LogP) is 16.9. The highest BCUT2D eigenvalue weighted by Gasteiger charge is 2.19. The van der Waals surface area contributed by atoms with Crippen molar-refractivity contribution < 1.29 is 0 Å². The molecule has 0 aromatic heterocycles. The first kappa shape index (κ1) is 39.2. The summed E-state index contributed by atoms with van der Waals surface area (Å²) in [5.74, 6) is 0.165. The predicted molar refractivity (Wildman–Crippen MR) is 267 cm³/mol. The van der Waals surface area contributed by atoms with Crippen molar-refractivity contribution in [2.75, 3.05) is 4.90 Å². The van der Waals surface area contributed by atoms with Crippen molar-refractivity contribution in [2.45, 2.75) is 12.3 Å². The summed E-state index contributed by atoms with van der Waals surface area (Å²) >= 11 is 0. The molecule has 0 N–H and O–H groups in total. The van der Waals surface area contributed by atoms with Gasteiger partial charge in [0.2, 0.25) is 0 Å². The van der Waals surface area contributed by atoms with Gasteiger partial charge in [0.05, 0.1) is 0 Å². The molecule has 0 radical (unpaired) electrons. The Hall–Kier alpha value is -8.00. The molecule has 0 bridgehead atoms. The molecule has 0 amide bonds. The second kappa shape index (κ2) is 18.3. The standard InChI is InChI=1S/C62H47N/c1-6-17-47(18-7-1)50-30-34-54(35-31-50)61(55-36-32-51(33-37-55)48-19-8-2-9-20-48)43-46-29-42-60(62(44-46)52-23-12-4-13-24-52)53-38-40-58(41-39-53)63(57-26-14-5-15-27-57)59-28-16-25-56(45-59)49-21-10-3-11-22-49/h1-42,44-45,61H,43H2. The van der Waals surface area contributed by atoms with Gasteiger partial charge in [-0.05, 0) is 115 Å². The van der Waals surface area contributed by atoms with Crippen LogP contribution in [0.4, 0.5) is 17.1 Å². The zero-order valence-electron chi connectivity index (χ0n) is 35.1. The first-order chi connectivity index (χ1) is 31.2. The molecule has 0 fully saturated rings. The number of anilines is 3. The average Bonchev–Trinajstić information content (AvgIpc) is 3.37. The molecule has 0 spiro atoms. The third-order valence-electron chi connectivity index (χ3n) is 12.1. The van der Waals surface area contributed by atoms with Crippen LogP contribution in [0.3, 0.4) is 0 Å². The van der Waals surface area contributed by atoms with Crippen LogP contribution in [0.2, 0.25) is 0 Å². The Morgan fingerprint density at radius 2 is 0.635 bits per heavy atom. The topological polar surface area (TPSA) is 3.24 Å². The highest BCUT2D eigenvalue weighted by molar-refractivity contribution is 5.86. The van der Waals surface area contributed by atoms with Crippen molar-refractivity contribution in [1.82, 2.24) is 0 Å². The highest BCUT2D eigenvalue weighted by Crippen LogP contribution is 2.40. The minimum Gasteiger partial charge on any atom is -0.310 e. The van der Waals surface area contributed by atoms with Crippen LogP contribution in [0.25, 0.3) is 55.6 Å². The van der Waals surface area contributed by atoms with Gasteiger partial charge in [0, 0.05) is 23.0 Å². The maximum Gasteiger partial charge on any atom is 0.0467 e. The number of hydrogen-bond acceptors (Lipinski definition) is 1. The highest BCUT2D eigenvalue weighted by atomic mass is 15.1. The zero-order chi connectivity index (χ0) is 42.2. The SMILES string of the molecule is c1ccc(-c2ccc(C(Cc3ccc(-c4ccc(N(c5ccccc5)c5cccc(-c6ccccc6)c5)cc4)c(-c4ccccc4)c3)c3ccc(-c4ccccc4)cc3)cc2)cc1. The molecule has 0 aliphatic heterocycles. The quantitative estimate of drug-likeness (QED) is 0.119. The fourth-order valence-electron chi connectivity index (χ4n) is 8.84. The lowest BCUT2D eigenvalue weighted by Gasteiger charge is -2.26. The van der Waals surface area contributed by atoms with Crippen molar-refractivity contribution in [3.8, 4) is 55.6 Å². The lowest BCUT2D eigenvalue weighted by Crippen LogP contribution is -2.09. The number of para-hydroxylation sites is 1. The van der Waals surface area contributed by atoms with E-state index in [0.717, 1.165) is 23.5 Å². The molecule has 300 valence electrons. The van der Waals surface area contributed by atoms with E-state index in [1.165, 1.54) is 72.3 Å². The third kappa shape index (κ3) is 8.77. The molecule has 0 aliphatic rings. The smallest absolute Gasteiger partial charge is 0.0467 e. The summed E-state index contributed by atoms with van der Waals surface area (Å²) in [4.78, 5) is 2.34. The summed E-state index contributed by atoms with van der Waals surface area (Å²) in [6.45, 7) is 0. The fraction of sp³-hybridized carbons (Fsp3) is 0.0323. The van der Waals surface area contributed by atoms with Gasteiger partial charge in [-0.25, -0.2) is 0 Å². The summed E-state index contributed by atoms with van der Waals surface area (Å²) in [5.41, 5.74) is 19.4. The fourth-order valence-corrected chi connectivity index (χ4v) is 8.84. The molecule has 0 unspecified atom stereocenters. The Balaban J connectivity index is 1.01. The summed E-state index contributed by atoms with van der Waals surface area (Å²) in [7, 11) is 0. The molecule has 1 heteroatoms. The largest absolute Gasteiger partial charge is 0.310 e. The van der Waals surface area contributed by atoms with E-state index in [1.807, 2.05) is 0 Å². The second-order valence-corrected chi connectivity index (χ2v) is 16.1. The van der Waals surface area contributed by atoms with Crippen LogP contribution in [0.5, 0.6) is 0 Å². The van der Waals surface area contributed by atoms with Gasteiger partial charge in [0.25, 0.3) is 0 Å². The van der Waals surface area contributed by atoms with E-state index in [4.69, 9.17) is 0 Å². The summed E-state index contributed by atoms with van der Waals surface area (Å²) in [6, 6.07) is 96.7. The summed E-state index contributed by atoms with van der Waals surface area (Å²) < 4.78 is 0. The molecular weight excluding hydrogens is 759 g/mol. The Morgan fingerprint density at radius 3 is 1.16 bits per heavy atom. The van der Waals surface area contributed by atoms with Crippen LogP contribution in [-0.2, 0) is 6.42 Å². The molecule has 0 heterocycles. The van der Waals surface area contributed by atoms with Crippen LogP contribution in [0.15, 0.2) is 267 Å². The molecule has 0 atom stereocenters. The molecule has 10 rings (SSSR count).